The third kappa shape index (κ3) is 3.91. The summed E-state index contributed by atoms with van der Waals surface area (Å²) in [7, 11) is 1.80. The highest BCUT2D eigenvalue weighted by atomic mass is 79.9. The summed E-state index contributed by atoms with van der Waals surface area (Å²) < 4.78 is 16.9. The van der Waals surface area contributed by atoms with E-state index in [4.69, 9.17) is 0 Å². The van der Waals surface area contributed by atoms with E-state index in [1.807, 2.05) is 41.1 Å². The molecule has 0 fully saturated rings. The fourth-order valence-corrected chi connectivity index (χ4v) is 3.57. The maximum atomic E-state index is 13.8. The second-order valence-corrected chi connectivity index (χ2v) is 6.76. The molecule has 24 heavy (non-hydrogen) atoms. The monoisotopic (exact) mass is 414 g/mol. The van der Waals surface area contributed by atoms with E-state index in [2.05, 4.69) is 21.2 Å². The van der Waals surface area contributed by atoms with E-state index in [9.17, 15) is 9.50 Å². The highest BCUT2D eigenvalue weighted by molar-refractivity contribution is 9.10. The molecule has 3 nitrogen and oxygen atoms in total. The number of nitrogens with zero attached hydrogens (tertiary/aromatic N) is 1. The average Bonchev–Trinajstić information content (AvgIpc) is 2.91. The molecule has 3 atom stereocenters. The summed E-state index contributed by atoms with van der Waals surface area (Å²) >= 11 is 3.48. The maximum absolute atomic E-state index is 13.8. The highest BCUT2D eigenvalue weighted by Crippen LogP contribution is 2.33. The van der Waals surface area contributed by atoms with Gasteiger partial charge in [-0.3, -0.25) is 0 Å². The molecule has 1 aromatic carbocycles. The Bertz CT molecular complexity index is 759. The van der Waals surface area contributed by atoms with E-state index in [1.165, 1.54) is 0 Å². The molecule has 3 rings (SSSR count). The molecule has 1 aliphatic rings. The van der Waals surface area contributed by atoms with Crippen LogP contribution in [0.15, 0.2) is 58.7 Å². The molecule has 1 aliphatic carbocycles. The van der Waals surface area contributed by atoms with Gasteiger partial charge in [0.2, 0.25) is 0 Å². The summed E-state index contributed by atoms with van der Waals surface area (Å²) in [6, 6.07) is 7.77. The Labute approximate surface area is 155 Å². The van der Waals surface area contributed by atoms with E-state index in [0.29, 0.717) is 13.0 Å². The van der Waals surface area contributed by atoms with Gasteiger partial charge >= 0.3 is 0 Å². The Kier molecular flexibility index (Phi) is 6.63. The van der Waals surface area contributed by atoms with Gasteiger partial charge in [0.15, 0.2) is 0 Å². The smallest absolute Gasteiger partial charge is 0.122 e. The number of hydrogen-bond acceptors (Lipinski definition) is 2. The number of aromatic nitrogens is 1. The van der Waals surface area contributed by atoms with Crippen LogP contribution in [-0.4, -0.2) is 35.5 Å². The number of aliphatic hydroxyl groups is 1. The van der Waals surface area contributed by atoms with Crippen LogP contribution in [-0.2, 0) is 0 Å². The number of rotatable bonds is 5. The van der Waals surface area contributed by atoms with Crippen molar-refractivity contribution in [3.05, 3.63) is 58.7 Å². The van der Waals surface area contributed by atoms with Crippen molar-refractivity contribution >= 4 is 39.2 Å². The summed E-state index contributed by atoms with van der Waals surface area (Å²) in [5.41, 5.74) is 1.93. The Morgan fingerprint density at radius 1 is 1.42 bits per heavy atom. The summed E-state index contributed by atoms with van der Waals surface area (Å²) in [5, 5.41) is 14.7. The Hall–Kier alpha value is -1.14. The molecule has 1 aromatic heterocycles. The molecule has 130 valence electrons. The summed E-state index contributed by atoms with van der Waals surface area (Å²) in [5.74, 6) is 0. The normalized spacial score (nSPS) is 19.7. The van der Waals surface area contributed by atoms with Gasteiger partial charge in [0.05, 0.1) is 12.1 Å². The van der Waals surface area contributed by atoms with E-state index in [0.717, 1.165) is 20.9 Å². The van der Waals surface area contributed by atoms with Crippen molar-refractivity contribution in [1.82, 2.24) is 9.88 Å². The Morgan fingerprint density at radius 2 is 2.21 bits per heavy atom. The van der Waals surface area contributed by atoms with Crippen LogP contribution in [0.3, 0.4) is 0 Å². The first-order chi connectivity index (χ1) is 11.1. The minimum Gasteiger partial charge on any atom is -0.389 e. The SMILES string of the molecule is CNCC(O)[C@H](C1=CC=CC(F)C1)n1ccc2cc(Br)ccc21.Cl. The number of likely N-dealkylation sites (N-methyl/N-ethyl adjacent to an activating group) is 1. The standard InChI is InChI=1S/C18H20BrFN2O.ClH/c1-21-11-17(23)18(13-3-2-4-15(20)10-13)22-8-7-12-9-14(19)5-6-16(12)22;/h2-9,15,17-18,21,23H,10-11H2,1H3;1H/t15?,17?,18-;/m0./s1. The fraction of sp³-hybridized carbons (Fsp3) is 0.333. The lowest BCUT2D eigenvalue weighted by Gasteiger charge is -2.29. The highest BCUT2D eigenvalue weighted by Gasteiger charge is 2.27. The molecule has 2 aromatic rings. The van der Waals surface area contributed by atoms with Gasteiger partial charge in [-0.2, -0.15) is 0 Å². The number of benzene rings is 1. The first-order valence-electron chi connectivity index (χ1n) is 7.70. The summed E-state index contributed by atoms with van der Waals surface area (Å²) in [6.45, 7) is 0.443. The molecule has 0 saturated carbocycles. The van der Waals surface area contributed by atoms with Crippen molar-refractivity contribution in [3.8, 4) is 0 Å². The zero-order chi connectivity index (χ0) is 16.4. The number of aliphatic hydroxyl groups excluding tert-OH is 1. The van der Waals surface area contributed by atoms with Crippen LogP contribution in [0.2, 0.25) is 0 Å². The molecule has 0 bridgehead atoms. The molecular formula is C18H21BrClFN2O. The fourth-order valence-electron chi connectivity index (χ4n) is 3.19. The first kappa shape index (κ1) is 19.2. The third-order valence-electron chi connectivity index (χ3n) is 4.20. The largest absolute Gasteiger partial charge is 0.389 e. The van der Waals surface area contributed by atoms with Gasteiger partial charge in [0.1, 0.15) is 6.17 Å². The van der Waals surface area contributed by atoms with Gasteiger partial charge in [-0.1, -0.05) is 34.2 Å². The number of hydrogen-bond donors (Lipinski definition) is 2. The molecule has 2 N–H and O–H groups in total. The quantitative estimate of drug-likeness (QED) is 0.769. The van der Waals surface area contributed by atoms with Crippen LogP contribution >= 0.6 is 28.3 Å². The topological polar surface area (TPSA) is 37.2 Å². The van der Waals surface area contributed by atoms with Gasteiger partial charge in [0.25, 0.3) is 0 Å². The van der Waals surface area contributed by atoms with E-state index in [1.54, 1.807) is 19.2 Å². The van der Waals surface area contributed by atoms with Crippen molar-refractivity contribution < 1.29 is 9.50 Å². The second kappa shape index (κ2) is 8.30. The van der Waals surface area contributed by atoms with E-state index >= 15 is 0 Å². The molecule has 0 amide bonds. The van der Waals surface area contributed by atoms with E-state index < -0.39 is 12.3 Å². The van der Waals surface area contributed by atoms with Gasteiger partial charge in [-0.05, 0) is 36.9 Å². The number of fused-ring (bicyclic) bond motifs is 1. The molecule has 0 radical (unpaired) electrons. The van der Waals surface area contributed by atoms with Crippen LogP contribution in [0.1, 0.15) is 12.5 Å². The molecule has 1 heterocycles. The van der Waals surface area contributed by atoms with Crippen molar-refractivity contribution in [1.29, 1.82) is 0 Å². The molecular weight excluding hydrogens is 395 g/mol. The molecule has 0 aliphatic heterocycles. The number of halogens is 3. The molecule has 0 saturated heterocycles. The van der Waals surface area contributed by atoms with Crippen molar-refractivity contribution in [2.75, 3.05) is 13.6 Å². The maximum Gasteiger partial charge on any atom is 0.122 e. The van der Waals surface area contributed by atoms with Crippen molar-refractivity contribution in [2.24, 2.45) is 0 Å². The lowest BCUT2D eigenvalue weighted by atomic mass is 9.92. The predicted octanol–water partition coefficient (Wildman–Crippen LogP) is 4.17. The summed E-state index contributed by atoms with van der Waals surface area (Å²) in [4.78, 5) is 0. The summed E-state index contributed by atoms with van der Waals surface area (Å²) in [6.07, 6.45) is 5.87. The van der Waals surface area contributed by atoms with Gasteiger partial charge in [-0.25, -0.2) is 4.39 Å². The van der Waals surface area contributed by atoms with Crippen molar-refractivity contribution in [3.63, 3.8) is 0 Å². The average molecular weight is 416 g/mol. The van der Waals surface area contributed by atoms with Crippen LogP contribution < -0.4 is 5.32 Å². The third-order valence-corrected chi connectivity index (χ3v) is 4.69. The first-order valence-corrected chi connectivity index (χ1v) is 8.49. The number of alkyl halides is 1. The van der Waals surface area contributed by atoms with Crippen LogP contribution in [0.4, 0.5) is 4.39 Å². The van der Waals surface area contributed by atoms with Gasteiger partial charge in [0, 0.05) is 34.5 Å². The minimum atomic E-state index is -0.991. The molecule has 6 heteroatoms. The molecule has 2 unspecified atom stereocenters. The van der Waals surface area contributed by atoms with Gasteiger partial charge < -0.3 is 15.0 Å². The zero-order valence-corrected chi connectivity index (χ0v) is 15.7. The van der Waals surface area contributed by atoms with Crippen LogP contribution in [0.5, 0.6) is 0 Å². The zero-order valence-electron chi connectivity index (χ0n) is 13.3. The van der Waals surface area contributed by atoms with Crippen molar-refractivity contribution in [2.45, 2.75) is 24.7 Å². The lowest BCUT2D eigenvalue weighted by molar-refractivity contribution is 0.127. The Balaban J connectivity index is 0.00000208. The predicted molar refractivity (Wildman–Crippen MR) is 103 cm³/mol. The Morgan fingerprint density at radius 3 is 2.92 bits per heavy atom. The van der Waals surface area contributed by atoms with Crippen LogP contribution in [0.25, 0.3) is 10.9 Å². The van der Waals surface area contributed by atoms with Crippen LogP contribution in [0, 0.1) is 0 Å². The van der Waals surface area contributed by atoms with E-state index in [-0.39, 0.29) is 18.4 Å². The molecule has 0 spiro atoms. The number of allylic oxidation sites excluding steroid dienone is 3. The minimum absolute atomic E-state index is 0. The second-order valence-electron chi connectivity index (χ2n) is 5.84. The lowest BCUT2D eigenvalue weighted by Crippen LogP contribution is -2.34. The number of nitrogens with one attached hydrogen (secondary N) is 1. The van der Waals surface area contributed by atoms with Gasteiger partial charge in [-0.15, -0.1) is 12.4 Å².